The van der Waals surface area contributed by atoms with Crippen LogP contribution in [-0.4, -0.2) is 26.1 Å². The fourth-order valence-corrected chi connectivity index (χ4v) is 1.42. The van der Waals surface area contributed by atoms with E-state index >= 15 is 0 Å². The van der Waals surface area contributed by atoms with Crippen LogP contribution < -0.4 is 5.32 Å². The molecule has 2 aromatic rings. The summed E-state index contributed by atoms with van der Waals surface area (Å²) in [5.74, 6) is -0.319. The third-order valence-electron chi connectivity index (χ3n) is 2.21. The molecule has 0 aromatic carbocycles. The largest absolute Gasteiger partial charge is 0.346 e. The van der Waals surface area contributed by atoms with Gasteiger partial charge in [0, 0.05) is 17.8 Å². The number of rotatable bonds is 3. The van der Waals surface area contributed by atoms with E-state index in [9.17, 15) is 4.79 Å². The molecule has 0 unspecified atom stereocenters. The van der Waals surface area contributed by atoms with Gasteiger partial charge in [0.2, 0.25) is 0 Å². The van der Waals surface area contributed by atoms with Crippen LogP contribution in [0.1, 0.15) is 21.7 Å². The van der Waals surface area contributed by atoms with E-state index in [1.54, 1.807) is 6.20 Å². The molecule has 6 nitrogen and oxygen atoms in total. The molecule has 7 heteroatoms. The number of halogens is 1. The first-order valence-corrected chi connectivity index (χ1v) is 5.29. The van der Waals surface area contributed by atoms with Crippen molar-refractivity contribution in [3.8, 4) is 0 Å². The predicted octanol–water partition coefficient (Wildman–Crippen LogP) is 1.09. The van der Waals surface area contributed by atoms with E-state index in [4.69, 9.17) is 11.6 Å². The maximum Gasteiger partial charge on any atom is 0.271 e. The molecule has 0 aliphatic heterocycles. The number of carbonyl (C=O) groups is 1. The fourth-order valence-electron chi connectivity index (χ4n) is 1.27. The highest BCUT2D eigenvalue weighted by Gasteiger charge is 2.09. The molecule has 2 aromatic heterocycles. The molecule has 2 N–H and O–H groups in total. The quantitative estimate of drug-likeness (QED) is 0.855. The van der Waals surface area contributed by atoms with Crippen LogP contribution in [0.3, 0.4) is 0 Å². The molecular formula is C10H10ClN5O. The van der Waals surface area contributed by atoms with Crippen LogP contribution in [0.2, 0.25) is 5.15 Å². The Morgan fingerprint density at radius 1 is 1.47 bits per heavy atom. The number of nitrogens with one attached hydrogen (secondary N) is 2. The molecular weight excluding hydrogens is 242 g/mol. The number of nitrogens with zero attached hydrogens (tertiary/aromatic N) is 3. The van der Waals surface area contributed by atoms with Crippen molar-refractivity contribution in [2.24, 2.45) is 0 Å². The Morgan fingerprint density at radius 2 is 2.29 bits per heavy atom. The normalized spacial score (nSPS) is 10.2. The fraction of sp³-hybridized carbons (Fsp3) is 0.200. The van der Waals surface area contributed by atoms with Crippen molar-refractivity contribution in [1.82, 2.24) is 25.5 Å². The first kappa shape index (κ1) is 11.5. The number of aromatic amines is 1. The highest BCUT2D eigenvalue weighted by molar-refractivity contribution is 6.29. The minimum Gasteiger partial charge on any atom is -0.346 e. The number of carbonyl (C=O) groups excluding carboxylic acids is 1. The minimum atomic E-state index is -0.319. The number of hydrogen-bond donors (Lipinski definition) is 2. The minimum absolute atomic E-state index is 0.192. The summed E-state index contributed by atoms with van der Waals surface area (Å²) in [6, 6.07) is 0. The van der Waals surface area contributed by atoms with Crippen molar-refractivity contribution in [1.29, 1.82) is 0 Å². The lowest BCUT2D eigenvalue weighted by Gasteiger charge is -2.03. The first-order valence-electron chi connectivity index (χ1n) is 4.91. The summed E-state index contributed by atoms with van der Waals surface area (Å²) >= 11 is 5.65. The number of aryl methyl sites for hydroxylation is 1. The zero-order valence-electron chi connectivity index (χ0n) is 9.07. The van der Waals surface area contributed by atoms with Crippen LogP contribution in [0.4, 0.5) is 0 Å². The van der Waals surface area contributed by atoms with Gasteiger partial charge in [-0.25, -0.2) is 4.98 Å². The first-order chi connectivity index (χ1) is 8.16. The molecule has 0 bridgehead atoms. The monoisotopic (exact) mass is 251 g/mol. The van der Waals surface area contributed by atoms with E-state index in [0.29, 0.717) is 6.54 Å². The smallest absolute Gasteiger partial charge is 0.271 e. The Bertz CT molecular complexity index is 539. The van der Waals surface area contributed by atoms with E-state index < -0.39 is 0 Å². The maximum atomic E-state index is 11.7. The Hall–Kier alpha value is -1.95. The SMILES string of the molecule is Cc1[nH]ncc1CNC(=O)c1cncc(Cl)n1. The molecule has 0 radical (unpaired) electrons. The molecule has 88 valence electrons. The van der Waals surface area contributed by atoms with Gasteiger partial charge in [0.05, 0.1) is 18.6 Å². The lowest BCUT2D eigenvalue weighted by atomic mass is 10.2. The zero-order chi connectivity index (χ0) is 12.3. The number of aromatic nitrogens is 4. The predicted molar refractivity (Wildman–Crippen MR) is 61.5 cm³/mol. The van der Waals surface area contributed by atoms with Gasteiger partial charge < -0.3 is 5.32 Å². The Labute approximate surface area is 102 Å². The third kappa shape index (κ3) is 2.79. The number of amides is 1. The second-order valence-electron chi connectivity index (χ2n) is 3.43. The molecule has 0 saturated heterocycles. The molecule has 17 heavy (non-hydrogen) atoms. The van der Waals surface area contributed by atoms with Crippen molar-refractivity contribution in [2.75, 3.05) is 0 Å². The molecule has 0 aliphatic rings. The highest BCUT2D eigenvalue weighted by Crippen LogP contribution is 2.04. The van der Waals surface area contributed by atoms with Crippen LogP contribution in [0.5, 0.6) is 0 Å². The summed E-state index contributed by atoms with van der Waals surface area (Å²) < 4.78 is 0. The molecule has 0 aliphatic carbocycles. The van der Waals surface area contributed by atoms with Gasteiger partial charge >= 0.3 is 0 Å². The van der Waals surface area contributed by atoms with Crippen LogP contribution in [0, 0.1) is 6.92 Å². The van der Waals surface area contributed by atoms with Gasteiger partial charge in [0.15, 0.2) is 0 Å². The van der Waals surface area contributed by atoms with Gasteiger partial charge in [-0.05, 0) is 6.92 Å². The van der Waals surface area contributed by atoms with E-state index in [0.717, 1.165) is 11.3 Å². The summed E-state index contributed by atoms with van der Waals surface area (Å²) in [6.45, 7) is 2.27. The van der Waals surface area contributed by atoms with Crippen LogP contribution in [-0.2, 0) is 6.54 Å². The summed E-state index contributed by atoms with van der Waals surface area (Å²) in [5.41, 5.74) is 2.04. The standard InChI is InChI=1S/C10H10ClN5O/c1-6-7(3-14-16-6)2-13-10(17)8-4-12-5-9(11)15-8/h3-5H,2H2,1H3,(H,13,17)(H,14,16). The van der Waals surface area contributed by atoms with Crippen molar-refractivity contribution in [3.63, 3.8) is 0 Å². The van der Waals surface area contributed by atoms with Crippen molar-refractivity contribution in [2.45, 2.75) is 13.5 Å². The van der Waals surface area contributed by atoms with Gasteiger partial charge in [0.1, 0.15) is 10.8 Å². The Kier molecular flexibility index (Phi) is 3.34. The van der Waals surface area contributed by atoms with Crippen molar-refractivity contribution in [3.05, 3.63) is 40.7 Å². The lowest BCUT2D eigenvalue weighted by molar-refractivity contribution is 0.0945. The zero-order valence-corrected chi connectivity index (χ0v) is 9.82. The second kappa shape index (κ2) is 4.92. The molecule has 2 heterocycles. The molecule has 0 fully saturated rings. The second-order valence-corrected chi connectivity index (χ2v) is 3.82. The molecule has 1 amide bonds. The van der Waals surface area contributed by atoms with E-state index in [-0.39, 0.29) is 16.8 Å². The summed E-state index contributed by atoms with van der Waals surface area (Å²) in [5, 5.41) is 9.55. The summed E-state index contributed by atoms with van der Waals surface area (Å²) in [4.78, 5) is 19.4. The number of H-pyrrole nitrogens is 1. The average Bonchev–Trinajstić information content (AvgIpc) is 2.72. The Morgan fingerprint density at radius 3 is 2.94 bits per heavy atom. The van der Waals surface area contributed by atoms with Gasteiger partial charge in [-0.2, -0.15) is 5.10 Å². The van der Waals surface area contributed by atoms with E-state index in [2.05, 4.69) is 25.5 Å². The summed E-state index contributed by atoms with van der Waals surface area (Å²) in [7, 11) is 0. The van der Waals surface area contributed by atoms with Crippen LogP contribution >= 0.6 is 11.6 Å². The molecule has 0 saturated carbocycles. The molecule has 0 spiro atoms. The van der Waals surface area contributed by atoms with Crippen LogP contribution in [0.15, 0.2) is 18.6 Å². The number of hydrogen-bond acceptors (Lipinski definition) is 4. The molecule has 0 atom stereocenters. The van der Waals surface area contributed by atoms with Gasteiger partial charge in [-0.3, -0.25) is 14.9 Å². The van der Waals surface area contributed by atoms with Crippen LogP contribution in [0.25, 0.3) is 0 Å². The summed E-state index contributed by atoms with van der Waals surface area (Å²) in [6.07, 6.45) is 4.40. The van der Waals surface area contributed by atoms with E-state index in [1.807, 2.05) is 6.92 Å². The average molecular weight is 252 g/mol. The van der Waals surface area contributed by atoms with Crippen molar-refractivity contribution >= 4 is 17.5 Å². The van der Waals surface area contributed by atoms with Gasteiger partial charge in [0.25, 0.3) is 5.91 Å². The lowest BCUT2D eigenvalue weighted by Crippen LogP contribution is -2.24. The van der Waals surface area contributed by atoms with Gasteiger partial charge in [-0.15, -0.1) is 0 Å². The molecule has 2 rings (SSSR count). The Balaban J connectivity index is 2.01. The maximum absolute atomic E-state index is 11.7. The topological polar surface area (TPSA) is 83.6 Å². The third-order valence-corrected chi connectivity index (χ3v) is 2.39. The van der Waals surface area contributed by atoms with Gasteiger partial charge in [-0.1, -0.05) is 11.6 Å². The highest BCUT2D eigenvalue weighted by atomic mass is 35.5. The van der Waals surface area contributed by atoms with Crippen molar-refractivity contribution < 1.29 is 4.79 Å². The van der Waals surface area contributed by atoms with E-state index in [1.165, 1.54) is 12.4 Å².